The number of aromatic nitrogens is 3. The van der Waals surface area contributed by atoms with Crippen molar-refractivity contribution in [3.63, 3.8) is 0 Å². The zero-order valence-corrected chi connectivity index (χ0v) is 16.0. The molecule has 2 heterocycles. The predicted octanol–water partition coefficient (Wildman–Crippen LogP) is 3.13. The van der Waals surface area contributed by atoms with Crippen LogP contribution < -0.4 is 5.56 Å². The van der Waals surface area contributed by atoms with E-state index in [1.54, 1.807) is 18.5 Å². The average molecular weight is 376 g/mol. The minimum Gasteiger partial charge on any atom is -0.339 e. The summed E-state index contributed by atoms with van der Waals surface area (Å²) >= 11 is 0. The highest BCUT2D eigenvalue weighted by atomic mass is 16.2. The van der Waals surface area contributed by atoms with Gasteiger partial charge in [-0.2, -0.15) is 5.10 Å². The van der Waals surface area contributed by atoms with Crippen LogP contribution >= 0.6 is 0 Å². The summed E-state index contributed by atoms with van der Waals surface area (Å²) in [5.74, 6) is 0.0859. The van der Waals surface area contributed by atoms with E-state index < -0.39 is 0 Å². The molecular weight excluding hydrogens is 352 g/mol. The standard InChI is InChI=1S/C22H24N4O2/c1-2-25(17-18-8-4-3-5-9-18)21(27)11-7-15-26-22(28)13-12-20(24-26)19-10-6-14-23-16-19/h3-6,8-10,12-14,16H,2,7,11,15,17H2,1H3. The maximum Gasteiger partial charge on any atom is 0.266 e. The Morgan fingerprint density at radius 3 is 2.61 bits per heavy atom. The van der Waals surface area contributed by atoms with Crippen molar-refractivity contribution < 1.29 is 4.79 Å². The molecule has 3 aromatic rings. The molecule has 1 amide bonds. The molecule has 0 aliphatic rings. The van der Waals surface area contributed by atoms with Gasteiger partial charge in [-0.3, -0.25) is 14.6 Å². The first-order valence-electron chi connectivity index (χ1n) is 9.47. The Morgan fingerprint density at radius 1 is 1.07 bits per heavy atom. The number of amides is 1. The van der Waals surface area contributed by atoms with Crippen LogP contribution in [-0.2, 0) is 17.9 Å². The van der Waals surface area contributed by atoms with Gasteiger partial charge >= 0.3 is 0 Å². The Labute approximate surface area is 164 Å². The molecule has 0 aliphatic carbocycles. The predicted molar refractivity (Wildman–Crippen MR) is 108 cm³/mol. The summed E-state index contributed by atoms with van der Waals surface area (Å²) in [7, 11) is 0. The number of nitrogens with zero attached hydrogens (tertiary/aromatic N) is 4. The Hall–Kier alpha value is -3.28. The average Bonchev–Trinajstić information content (AvgIpc) is 2.74. The lowest BCUT2D eigenvalue weighted by atomic mass is 10.2. The summed E-state index contributed by atoms with van der Waals surface area (Å²) in [6.45, 7) is 3.64. The third-order valence-electron chi connectivity index (χ3n) is 4.54. The summed E-state index contributed by atoms with van der Waals surface area (Å²) in [6.07, 6.45) is 4.35. The maximum absolute atomic E-state index is 12.6. The number of carbonyl (C=O) groups excluding carboxylic acids is 1. The normalized spacial score (nSPS) is 10.6. The van der Waals surface area contributed by atoms with Crippen molar-refractivity contribution in [3.8, 4) is 11.3 Å². The highest BCUT2D eigenvalue weighted by molar-refractivity contribution is 5.76. The van der Waals surface area contributed by atoms with E-state index in [-0.39, 0.29) is 11.5 Å². The van der Waals surface area contributed by atoms with Crippen molar-refractivity contribution in [1.29, 1.82) is 0 Å². The summed E-state index contributed by atoms with van der Waals surface area (Å²) in [6, 6.07) is 16.9. The molecule has 3 rings (SSSR count). The summed E-state index contributed by atoms with van der Waals surface area (Å²) in [4.78, 5) is 30.6. The number of rotatable bonds is 8. The molecular formula is C22H24N4O2. The van der Waals surface area contributed by atoms with Gasteiger partial charge in [0.15, 0.2) is 0 Å². The van der Waals surface area contributed by atoms with Gasteiger partial charge in [0.25, 0.3) is 5.56 Å². The van der Waals surface area contributed by atoms with Crippen LogP contribution in [0.25, 0.3) is 11.3 Å². The fraction of sp³-hybridized carbons (Fsp3) is 0.273. The Kier molecular flexibility index (Phi) is 6.68. The first-order chi connectivity index (χ1) is 13.7. The zero-order valence-electron chi connectivity index (χ0n) is 16.0. The van der Waals surface area contributed by atoms with Gasteiger partial charge in [-0.1, -0.05) is 30.3 Å². The molecule has 0 radical (unpaired) electrons. The van der Waals surface area contributed by atoms with Crippen LogP contribution in [-0.4, -0.2) is 32.1 Å². The summed E-state index contributed by atoms with van der Waals surface area (Å²) < 4.78 is 1.42. The fourth-order valence-electron chi connectivity index (χ4n) is 3.00. The number of pyridine rings is 1. The van der Waals surface area contributed by atoms with Crippen LogP contribution in [0, 0.1) is 0 Å². The van der Waals surface area contributed by atoms with Gasteiger partial charge in [0.2, 0.25) is 5.91 Å². The lowest BCUT2D eigenvalue weighted by Crippen LogP contribution is -2.30. The maximum atomic E-state index is 12.6. The van der Waals surface area contributed by atoms with E-state index in [0.29, 0.717) is 38.2 Å². The van der Waals surface area contributed by atoms with Gasteiger partial charge in [0.1, 0.15) is 0 Å². The van der Waals surface area contributed by atoms with Crippen LogP contribution in [0.3, 0.4) is 0 Å². The van der Waals surface area contributed by atoms with Gasteiger partial charge in [-0.05, 0) is 37.1 Å². The van der Waals surface area contributed by atoms with Crippen molar-refractivity contribution in [2.45, 2.75) is 32.9 Å². The van der Waals surface area contributed by atoms with Crippen molar-refractivity contribution in [1.82, 2.24) is 19.7 Å². The number of hydrogen-bond acceptors (Lipinski definition) is 4. The van der Waals surface area contributed by atoms with E-state index in [1.807, 2.05) is 54.3 Å². The van der Waals surface area contributed by atoms with Crippen LogP contribution in [0.1, 0.15) is 25.3 Å². The molecule has 28 heavy (non-hydrogen) atoms. The topological polar surface area (TPSA) is 68.1 Å². The van der Waals surface area contributed by atoms with E-state index in [4.69, 9.17) is 0 Å². The molecule has 6 heteroatoms. The fourth-order valence-corrected chi connectivity index (χ4v) is 3.00. The van der Waals surface area contributed by atoms with E-state index in [9.17, 15) is 9.59 Å². The zero-order chi connectivity index (χ0) is 19.8. The van der Waals surface area contributed by atoms with Crippen LogP contribution in [0.2, 0.25) is 0 Å². The molecule has 0 atom stereocenters. The first-order valence-corrected chi connectivity index (χ1v) is 9.47. The van der Waals surface area contributed by atoms with Crippen LogP contribution in [0.15, 0.2) is 71.8 Å². The summed E-state index contributed by atoms with van der Waals surface area (Å²) in [5, 5.41) is 4.41. The van der Waals surface area contributed by atoms with Gasteiger partial charge in [0, 0.05) is 50.1 Å². The Morgan fingerprint density at radius 2 is 1.89 bits per heavy atom. The number of benzene rings is 1. The minimum atomic E-state index is -0.170. The largest absolute Gasteiger partial charge is 0.339 e. The first kappa shape index (κ1) is 19.5. The lowest BCUT2D eigenvalue weighted by Gasteiger charge is -2.21. The second kappa shape index (κ2) is 9.60. The van der Waals surface area contributed by atoms with E-state index >= 15 is 0 Å². The molecule has 6 nitrogen and oxygen atoms in total. The van der Waals surface area contributed by atoms with Crippen molar-refractivity contribution in [2.75, 3.05) is 6.54 Å². The molecule has 0 spiro atoms. The molecule has 0 N–H and O–H groups in total. The van der Waals surface area contributed by atoms with Gasteiger partial charge in [-0.25, -0.2) is 4.68 Å². The van der Waals surface area contributed by atoms with E-state index in [2.05, 4.69) is 10.1 Å². The quantitative estimate of drug-likeness (QED) is 0.606. The number of carbonyl (C=O) groups is 1. The van der Waals surface area contributed by atoms with Crippen molar-refractivity contribution >= 4 is 5.91 Å². The second-order valence-corrected chi connectivity index (χ2v) is 6.52. The van der Waals surface area contributed by atoms with Crippen LogP contribution in [0.5, 0.6) is 0 Å². The van der Waals surface area contributed by atoms with Gasteiger partial charge in [0.05, 0.1) is 5.69 Å². The summed E-state index contributed by atoms with van der Waals surface area (Å²) in [5.41, 5.74) is 2.49. The molecule has 0 aliphatic heterocycles. The van der Waals surface area contributed by atoms with Crippen molar-refractivity contribution in [2.24, 2.45) is 0 Å². The second-order valence-electron chi connectivity index (χ2n) is 6.52. The molecule has 1 aromatic carbocycles. The monoisotopic (exact) mass is 376 g/mol. The SMILES string of the molecule is CCN(Cc1ccccc1)C(=O)CCCn1nc(-c2cccnc2)ccc1=O. The van der Waals surface area contributed by atoms with Crippen molar-refractivity contribution in [3.05, 3.63) is 82.9 Å². The minimum absolute atomic E-state index is 0.0859. The van der Waals surface area contributed by atoms with E-state index in [1.165, 1.54) is 10.7 Å². The molecule has 0 saturated carbocycles. The Bertz CT molecular complexity index is 955. The smallest absolute Gasteiger partial charge is 0.266 e. The molecule has 0 fully saturated rings. The molecule has 144 valence electrons. The molecule has 0 saturated heterocycles. The molecule has 0 bridgehead atoms. The third kappa shape index (κ3) is 5.13. The number of aryl methyl sites for hydroxylation is 1. The molecule has 2 aromatic heterocycles. The van der Waals surface area contributed by atoms with Crippen LogP contribution in [0.4, 0.5) is 0 Å². The highest BCUT2D eigenvalue weighted by Gasteiger charge is 2.12. The number of hydrogen-bond donors (Lipinski definition) is 0. The van der Waals surface area contributed by atoms with Gasteiger partial charge in [-0.15, -0.1) is 0 Å². The van der Waals surface area contributed by atoms with E-state index in [0.717, 1.165) is 11.1 Å². The third-order valence-corrected chi connectivity index (χ3v) is 4.54. The lowest BCUT2D eigenvalue weighted by molar-refractivity contribution is -0.131. The Balaban J connectivity index is 1.59. The highest BCUT2D eigenvalue weighted by Crippen LogP contribution is 2.13. The molecule has 0 unspecified atom stereocenters. The van der Waals surface area contributed by atoms with Gasteiger partial charge < -0.3 is 4.90 Å².